The van der Waals surface area contributed by atoms with E-state index in [9.17, 15) is 14.0 Å². The minimum Gasteiger partial charge on any atom is -0.352 e. The number of aromatic nitrogens is 3. The van der Waals surface area contributed by atoms with Crippen LogP contribution in [0.3, 0.4) is 0 Å². The second kappa shape index (κ2) is 12.6. The third-order valence-corrected chi connectivity index (χ3v) is 8.48. The van der Waals surface area contributed by atoms with Crippen LogP contribution in [0.4, 0.5) is 8.78 Å². The largest absolute Gasteiger partial charge is 0.352 e. The van der Waals surface area contributed by atoms with Crippen LogP contribution in [-0.4, -0.2) is 75.0 Å². The zero-order valence-corrected chi connectivity index (χ0v) is 24.9. The lowest BCUT2D eigenvalue weighted by Crippen LogP contribution is -2.36. The molecular weight excluding hydrogens is 538 g/mol. The molecule has 10 heteroatoms. The summed E-state index contributed by atoms with van der Waals surface area (Å²) in [6.07, 6.45) is 4.75. The monoisotopic (exact) mass is 578 g/mol. The zero-order chi connectivity index (χ0) is 30.0. The van der Waals surface area contributed by atoms with Crippen molar-refractivity contribution in [1.82, 2.24) is 29.1 Å². The first-order chi connectivity index (χ1) is 20.2. The molecule has 42 heavy (non-hydrogen) atoms. The van der Waals surface area contributed by atoms with Crippen molar-refractivity contribution in [2.45, 2.75) is 58.2 Å². The third kappa shape index (κ3) is 6.04. The lowest BCUT2D eigenvalue weighted by molar-refractivity contribution is -0.129. The van der Waals surface area contributed by atoms with E-state index >= 15 is 4.39 Å². The zero-order valence-electron chi connectivity index (χ0n) is 24.9. The predicted molar refractivity (Wildman–Crippen MR) is 161 cm³/mol. The second-order valence-electron chi connectivity index (χ2n) is 11.4. The highest BCUT2D eigenvalue weighted by Gasteiger charge is 2.22. The number of aryl methyl sites for hydroxylation is 1. The molecule has 2 aromatic carbocycles. The lowest BCUT2D eigenvalue weighted by Gasteiger charge is -2.28. The number of rotatable bonds is 10. The van der Waals surface area contributed by atoms with Crippen molar-refractivity contribution in [2.75, 3.05) is 33.2 Å². The number of piperidine rings is 1. The molecule has 1 aliphatic rings. The quantitative estimate of drug-likeness (QED) is 0.252. The molecule has 4 aromatic rings. The maximum Gasteiger partial charge on any atom is 0.251 e. The average molecular weight is 579 g/mol. The number of alkyl halides is 1. The van der Waals surface area contributed by atoms with Crippen molar-refractivity contribution in [1.29, 1.82) is 0 Å². The molecule has 1 unspecified atom stereocenters. The molecule has 0 spiro atoms. The van der Waals surface area contributed by atoms with Crippen molar-refractivity contribution >= 4 is 28.6 Å². The van der Waals surface area contributed by atoms with E-state index in [-0.39, 0.29) is 23.7 Å². The lowest BCUT2D eigenvalue weighted by atomic mass is 9.98. The molecule has 5 rings (SSSR count). The van der Waals surface area contributed by atoms with Gasteiger partial charge < -0.3 is 19.7 Å². The molecule has 2 aromatic heterocycles. The van der Waals surface area contributed by atoms with Crippen molar-refractivity contribution in [3.63, 3.8) is 0 Å². The Kier molecular flexibility index (Phi) is 8.91. The van der Waals surface area contributed by atoms with E-state index < -0.39 is 6.17 Å². The van der Waals surface area contributed by atoms with Gasteiger partial charge in [0.05, 0.1) is 22.8 Å². The van der Waals surface area contributed by atoms with Crippen LogP contribution in [0.1, 0.15) is 67.9 Å². The number of halogens is 2. The molecule has 1 aliphatic heterocycles. The molecule has 0 bridgehead atoms. The number of fused-ring (bicyclic) bond motifs is 3. The molecule has 1 N–H and O–H groups in total. The Morgan fingerprint density at radius 1 is 1.14 bits per heavy atom. The van der Waals surface area contributed by atoms with Gasteiger partial charge in [0, 0.05) is 58.0 Å². The summed E-state index contributed by atoms with van der Waals surface area (Å²) in [7, 11) is 3.63. The number of nitrogens with one attached hydrogen (secondary N) is 1. The number of imidazole rings is 2. The van der Waals surface area contributed by atoms with Crippen molar-refractivity contribution in [3.8, 4) is 11.3 Å². The first-order valence-electron chi connectivity index (χ1n) is 14.8. The van der Waals surface area contributed by atoms with Crippen LogP contribution < -0.4 is 5.32 Å². The minimum atomic E-state index is -0.680. The molecule has 0 saturated carbocycles. The topological polar surface area (TPSA) is 74.9 Å². The van der Waals surface area contributed by atoms with E-state index in [0.29, 0.717) is 42.0 Å². The van der Waals surface area contributed by atoms with Gasteiger partial charge in [-0.2, -0.15) is 0 Å². The number of benzene rings is 2. The maximum absolute atomic E-state index is 15.4. The van der Waals surface area contributed by atoms with E-state index in [1.54, 1.807) is 24.1 Å². The Morgan fingerprint density at radius 3 is 2.60 bits per heavy atom. The SMILES string of the molecule is CCCC(c1ccc(-c2cn3c4ccc(C(=O)NCCCN5CCC(F)CC5)cc4n(C)c3n2)c(F)c1)N(C)C(C)=O. The van der Waals surface area contributed by atoms with E-state index in [4.69, 9.17) is 4.98 Å². The van der Waals surface area contributed by atoms with Crippen LogP contribution in [0.25, 0.3) is 28.1 Å². The third-order valence-electron chi connectivity index (χ3n) is 8.48. The number of carbonyl (C=O) groups excluding carboxylic acids is 2. The number of carbonyl (C=O) groups is 2. The average Bonchev–Trinajstić information content (AvgIpc) is 3.52. The minimum absolute atomic E-state index is 0.0582. The molecule has 8 nitrogen and oxygen atoms in total. The number of hydrogen-bond donors (Lipinski definition) is 1. The van der Waals surface area contributed by atoms with Crippen molar-refractivity contribution in [2.24, 2.45) is 7.05 Å². The van der Waals surface area contributed by atoms with E-state index in [1.807, 2.05) is 47.3 Å². The van der Waals surface area contributed by atoms with Crippen LogP contribution >= 0.6 is 0 Å². The van der Waals surface area contributed by atoms with Crippen molar-refractivity contribution < 1.29 is 18.4 Å². The summed E-state index contributed by atoms with van der Waals surface area (Å²) >= 11 is 0. The Bertz CT molecular complexity index is 1590. The highest BCUT2D eigenvalue weighted by Crippen LogP contribution is 2.31. The summed E-state index contributed by atoms with van der Waals surface area (Å²) in [4.78, 5) is 33.5. The Hall–Kier alpha value is -3.79. The van der Waals surface area contributed by atoms with Gasteiger partial charge in [-0.3, -0.25) is 14.0 Å². The van der Waals surface area contributed by atoms with Gasteiger partial charge in [0.1, 0.15) is 12.0 Å². The molecule has 1 atom stereocenters. The van der Waals surface area contributed by atoms with Gasteiger partial charge in [0.25, 0.3) is 5.91 Å². The maximum atomic E-state index is 15.4. The Labute approximate surface area is 245 Å². The van der Waals surface area contributed by atoms with Gasteiger partial charge >= 0.3 is 0 Å². The van der Waals surface area contributed by atoms with E-state index in [1.165, 1.54) is 13.0 Å². The van der Waals surface area contributed by atoms with Gasteiger partial charge in [0.2, 0.25) is 11.7 Å². The summed E-state index contributed by atoms with van der Waals surface area (Å²) < 4.78 is 32.5. The Balaban J connectivity index is 1.30. The van der Waals surface area contributed by atoms with Gasteiger partial charge in [-0.15, -0.1) is 0 Å². The van der Waals surface area contributed by atoms with Gasteiger partial charge in [-0.25, -0.2) is 13.8 Å². The molecule has 0 aliphatic carbocycles. The smallest absolute Gasteiger partial charge is 0.251 e. The highest BCUT2D eigenvalue weighted by atomic mass is 19.1. The first kappa shape index (κ1) is 29.7. The highest BCUT2D eigenvalue weighted by molar-refractivity contribution is 5.98. The van der Waals surface area contributed by atoms with Crippen molar-refractivity contribution in [3.05, 3.63) is 59.5 Å². The van der Waals surface area contributed by atoms with Gasteiger partial charge in [-0.1, -0.05) is 19.4 Å². The first-order valence-corrected chi connectivity index (χ1v) is 14.8. The predicted octanol–water partition coefficient (Wildman–Crippen LogP) is 5.51. The summed E-state index contributed by atoms with van der Waals surface area (Å²) in [5.74, 6) is 0.0531. The van der Waals surface area contributed by atoms with Gasteiger partial charge in [0.15, 0.2) is 0 Å². The van der Waals surface area contributed by atoms with Crippen LogP contribution in [0.15, 0.2) is 42.6 Å². The number of nitrogens with zero attached hydrogens (tertiary/aromatic N) is 5. The molecule has 1 saturated heterocycles. The van der Waals surface area contributed by atoms with Crippen LogP contribution in [0.5, 0.6) is 0 Å². The normalized spacial score (nSPS) is 15.4. The molecule has 224 valence electrons. The van der Waals surface area contributed by atoms with Crippen LogP contribution in [0.2, 0.25) is 0 Å². The number of likely N-dealkylation sites (tertiary alicyclic amines) is 1. The fourth-order valence-corrected chi connectivity index (χ4v) is 5.91. The second-order valence-corrected chi connectivity index (χ2v) is 11.4. The number of amides is 2. The summed E-state index contributed by atoms with van der Waals surface area (Å²) in [5.41, 5.74) is 3.93. The fraction of sp³-hybridized carbons (Fsp3) is 0.469. The summed E-state index contributed by atoms with van der Waals surface area (Å²) in [5, 5.41) is 2.99. The van der Waals surface area contributed by atoms with E-state index in [0.717, 1.165) is 55.5 Å². The summed E-state index contributed by atoms with van der Waals surface area (Å²) in [6, 6.07) is 10.4. The molecule has 3 heterocycles. The van der Waals surface area contributed by atoms with Crippen LogP contribution in [0, 0.1) is 5.82 Å². The molecule has 0 radical (unpaired) electrons. The molecule has 1 fully saturated rings. The molecular formula is C32H40F2N6O2. The Morgan fingerprint density at radius 2 is 1.90 bits per heavy atom. The van der Waals surface area contributed by atoms with Gasteiger partial charge in [-0.05, 0) is 68.1 Å². The standard InChI is InChI=1S/C32H40F2N6O2/c1-5-7-28(37(3)21(2)41)22-8-10-25(26(34)18-22)27-20-40-29-11-9-23(19-30(29)38(4)32(40)36-27)31(42)35-14-6-15-39-16-12-24(33)13-17-39/h8-11,18-20,24,28H,5-7,12-17H2,1-4H3,(H,35,42). The number of hydrogen-bond acceptors (Lipinski definition) is 4. The molecule has 2 amide bonds. The fourth-order valence-electron chi connectivity index (χ4n) is 5.91. The summed E-state index contributed by atoms with van der Waals surface area (Å²) in [6.45, 7) is 6.52. The van der Waals surface area contributed by atoms with Crippen LogP contribution in [-0.2, 0) is 11.8 Å². The van der Waals surface area contributed by atoms with E-state index in [2.05, 4.69) is 10.2 Å².